The number of fused-ring (bicyclic) bond motifs is 1. The summed E-state index contributed by atoms with van der Waals surface area (Å²) in [5.41, 5.74) is 2.10. The molecule has 2 aromatic carbocycles. The minimum atomic E-state index is -0.703. The van der Waals surface area contributed by atoms with Crippen LogP contribution in [0.3, 0.4) is 0 Å². The number of amides is 1. The van der Waals surface area contributed by atoms with Crippen LogP contribution in [0.5, 0.6) is 0 Å². The molecule has 1 aromatic heterocycles. The van der Waals surface area contributed by atoms with Crippen molar-refractivity contribution in [2.24, 2.45) is 0 Å². The number of benzene rings is 2. The molecule has 7 heteroatoms. The lowest BCUT2D eigenvalue weighted by Gasteiger charge is -2.07. The zero-order valence-corrected chi connectivity index (χ0v) is 13.9. The van der Waals surface area contributed by atoms with Gasteiger partial charge in [-0.15, -0.1) is 0 Å². The first-order valence-corrected chi connectivity index (χ1v) is 7.90. The van der Waals surface area contributed by atoms with Crippen molar-refractivity contribution in [3.8, 4) is 0 Å². The average molecular weight is 356 g/mol. The number of ether oxygens (including phenoxy) is 1. The van der Waals surface area contributed by atoms with Crippen LogP contribution < -0.4 is 5.32 Å². The van der Waals surface area contributed by atoms with E-state index in [-0.39, 0.29) is 12.2 Å². The maximum absolute atomic E-state index is 12.0. The average Bonchev–Trinajstić information content (AvgIpc) is 2.65. The van der Waals surface area contributed by atoms with Gasteiger partial charge in [-0.1, -0.05) is 41.9 Å². The molecule has 0 spiro atoms. The Morgan fingerprint density at radius 2 is 1.76 bits per heavy atom. The number of esters is 1. The minimum Gasteiger partial charge on any atom is -0.451 e. The Hall–Kier alpha value is -2.99. The number of hydrogen-bond acceptors (Lipinski definition) is 5. The Labute approximate surface area is 148 Å². The molecule has 1 N–H and O–H groups in total. The molecule has 126 valence electrons. The van der Waals surface area contributed by atoms with Crippen molar-refractivity contribution < 1.29 is 14.3 Å². The zero-order valence-electron chi connectivity index (χ0n) is 13.1. The van der Waals surface area contributed by atoms with Gasteiger partial charge in [-0.3, -0.25) is 9.78 Å². The van der Waals surface area contributed by atoms with Gasteiger partial charge in [-0.05, 0) is 23.8 Å². The third-order valence-corrected chi connectivity index (χ3v) is 3.79. The molecule has 0 bridgehead atoms. The van der Waals surface area contributed by atoms with Crippen LogP contribution in [0.2, 0.25) is 5.02 Å². The second-order valence-electron chi connectivity index (χ2n) is 5.19. The summed E-state index contributed by atoms with van der Waals surface area (Å²) in [6, 6.07) is 14.3. The lowest BCUT2D eigenvalue weighted by Crippen LogP contribution is -2.28. The molecule has 1 heterocycles. The lowest BCUT2D eigenvalue weighted by molar-refractivity contribution is -0.124. The number of carbonyl (C=O) groups excluding carboxylic acids is 2. The van der Waals surface area contributed by atoms with Gasteiger partial charge in [0.2, 0.25) is 0 Å². The third kappa shape index (κ3) is 4.30. The van der Waals surface area contributed by atoms with Crippen molar-refractivity contribution in [2.45, 2.75) is 6.54 Å². The van der Waals surface area contributed by atoms with Crippen LogP contribution in [0.25, 0.3) is 11.0 Å². The molecule has 0 unspecified atom stereocenters. The van der Waals surface area contributed by atoms with Crippen molar-refractivity contribution in [3.63, 3.8) is 0 Å². The van der Waals surface area contributed by atoms with Crippen LogP contribution in [0, 0.1) is 0 Å². The van der Waals surface area contributed by atoms with E-state index in [9.17, 15) is 9.59 Å². The highest BCUT2D eigenvalue weighted by Gasteiger charge is 2.13. The molecule has 0 fully saturated rings. The van der Waals surface area contributed by atoms with Crippen molar-refractivity contribution in [1.29, 1.82) is 0 Å². The molecule has 25 heavy (non-hydrogen) atoms. The zero-order chi connectivity index (χ0) is 17.6. The van der Waals surface area contributed by atoms with E-state index in [1.807, 2.05) is 12.1 Å². The van der Waals surface area contributed by atoms with Gasteiger partial charge in [0.05, 0.1) is 17.2 Å². The maximum atomic E-state index is 12.0. The summed E-state index contributed by atoms with van der Waals surface area (Å²) in [7, 11) is 0. The highest BCUT2D eigenvalue weighted by atomic mass is 35.5. The normalized spacial score (nSPS) is 10.4. The Morgan fingerprint density at radius 3 is 2.56 bits per heavy atom. The smallest absolute Gasteiger partial charge is 0.359 e. The summed E-state index contributed by atoms with van der Waals surface area (Å²) < 4.78 is 4.97. The van der Waals surface area contributed by atoms with E-state index in [2.05, 4.69) is 15.3 Å². The van der Waals surface area contributed by atoms with E-state index in [0.29, 0.717) is 16.1 Å². The fraction of sp³-hybridized carbons (Fsp3) is 0.111. The SMILES string of the molecule is O=C(COC(=O)c1cnc2ccccc2n1)NCc1ccccc1Cl. The Kier molecular flexibility index (Phi) is 5.20. The topological polar surface area (TPSA) is 81.2 Å². The van der Waals surface area contributed by atoms with Gasteiger partial charge in [-0.25, -0.2) is 9.78 Å². The summed E-state index contributed by atoms with van der Waals surface area (Å²) in [5, 5.41) is 3.20. The molecule has 3 aromatic rings. The fourth-order valence-corrected chi connectivity index (χ4v) is 2.35. The van der Waals surface area contributed by atoms with Crippen LogP contribution in [0.4, 0.5) is 0 Å². The van der Waals surface area contributed by atoms with Gasteiger partial charge in [0.15, 0.2) is 12.3 Å². The number of nitrogens with one attached hydrogen (secondary N) is 1. The summed E-state index contributed by atoms with van der Waals surface area (Å²) in [4.78, 5) is 32.1. The molecule has 0 aliphatic rings. The predicted molar refractivity (Wildman–Crippen MR) is 93.1 cm³/mol. The van der Waals surface area contributed by atoms with Crippen LogP contribution in [-0.2, 0) is 16.1 Å². The summed E-state index contributed by atoms with van der Waals surface area (Å²) >= 11 is 6.01. The maximum Gasteiger partial charge on any atom is 0.359 e. The Morgan fingerprint density at radius 1 is 1.04 bits per heavy atom. The van der Waals surface area contributed by atoms with Crippen molar-refractivity contribution in [1.82, 2.24) is 15.3 Å². The van der Waals surface area contributed by atoms with E-state index in [4.69, 9.17) is 16.3 Å². The van der Waals surface area contributed by atoms with Crippen LogP contribution >= 0.6 is 11.6 Å². The monoisotopic (exact) mass is 355 g/mol. The molecular formula is C18H14ClN3O3. The van der Waals surface area contributed by atoms with E-state index < -0.39 is 18.5 Å². The van der Waals surface area contributed by atoms with Gasteiger partial charge >= 0.3 is 5.97 Å². The van der Waals surface area contributed by atoms with Gasteiger partial charge in [0.1, 0.15) is 0 Å². The standard InChI is InChI=1S/C18H14ClN3O3/c19-13-6-2-1-5-12(13)9-21-17(23)11-25-18(24)16-10-20-14-7-3-4-8-15(14)22-16/h1-8,10H,9,11H2,(H,21,23). The molecule has 0 aliphatic heterocycles. The summed E-state index contributed by atoms with van der Waals surface area (Å²) in [6.45, 7) is -0.149. The largest absolute Gasteiger partial charge is 0.451 e. The van der Waals surface area contributed by atoms with E-state index in [1.165, 1.54) is 6.20 Å². The molecule has 6 nitrogen and oxygen atoms in total. The summed E-state index contributed by atoms with van der Waals surface area (Å²) in [5.74, 6) is -1.13. The van der Waals surface area contributed by atoms with Crippen molar-refractivity contribution in [3.05, 3.63) is 71.0 Å². The van der Waals surface area contributed by atoms with Crippen LogP contribution in [0.15, 0.2) is 54.7 Å². The highest BCUT2D eigenvalue weighted by molar-refractivity contribution is 6.31. The first kappa shape index (κ1) is 16.9. The van der Waals surface area contributed by atoms with Gasteiger partial charge in [-0.2, -0.15) is 0 Å². The van der Waals surface area contributed by atoms with E-state index in [1.54, 1.807) is 36.4 Å². The molecule has 0 saturated carbocycles. The number of halogens is 1. The van der Waals surface area contributed by atoms with Crippen molar-refractivity contribution in [2.75, 3.05) is 6.61 Å². The third-order valence-electron chi connectivity index (χ3n) is 3.43. The van der Waals surface area contributed by atoms with Gasteiger partial charge in [0.25, 0.3) is 5.91 Å². The lowest BCUT2D eigenvalue weighted by atomic mass is 10.2. The quantitative estimate of drug-likeness (QED) is 0.712. The molecule has 1 amide bonds. The number of para-hydroxylation sites is 2. The number of aromatic nitrogens is 2. The second kappa shape index (κ2) is 7.72. The van der Waals surface area contributed by atoms with E-state index in [0.717, 1.165) is 5.56 Å². The van der Waals surface area contributed by atoms with E-state index >= 15 is 0 Å². The van der Waals surface area contributed by atoms with Gasteiger partial charge in [0, 0.05) is 11.6 Å². The predicted octanol–water partition coefficient (Wildman–Crippen LogP) is 2.76. The van der Waals surface area contributed by atoms with Crippen LogP contribution in [-0.4, -0.2) is 28.5 Å². The molecule has 3 rings (SSSR count). The summed E-state index contributed by atoms with van der Waals surface area (Å²) in [6.07, 6.45) is 1.33. The second-order valence-corrected chi connectivity index (χ2v) is 5.60. The molecule has 0 atom stereocenters. The number of nitrogens with zero attached hydrogens (tertiary/aromatic N) is 2. The molecule has 0 radical (unpaired) electrons. The Bertz CT molecular complexity index is 930. The first-order chi connectivity index (χ1) is 12.1. The molecule has 0 saturated heterocycles. The Balaban J connectivity index is 1.54. The minimum absolute atomic E-state index is 0.0533. The number of hydrogen-bond donors (Lipinski definition) is 1. The molecular weight excluding hydrogens is 342 g/mol. The number of rotatable bonds is 5. The fourth-order valence-electron chi connectivity index (χ4n) is 2.15. The van der Waals surface area contributed by atoms with Crippen LogP contribution in [0.1, 0.15) is 16.1 Å². The number of carbonyl (C=O) groups is 2. The van der Waals surface area contributed by atoms with Crippen molar-refractivity contribution >= 4 is 34.5 Å². The first-order valence-electron chi connectivity index (χ1n) is 7.52. The van der Waals surface area contributed by atoms with Gasteiger partial charge < -0.3 is 10.1 Å². The molecule has 0 aliphatic carbocycles. The highest BCUT2D eigenvalue weighted by Crippen LogP contribution is 2.14.